The Morgan fingerprint density at radius 1 is 0.895 bits per heavy atom. The van der Waals surface area contributed by atoms with Gasteiger partial charge in [-0.15, -0.1) is 0 Å². The normalized spacial score (nSPS) is 10.8. The maximum atomic E-state index is 11.0. The lowest BCUT2D eigenvalue weighted by Crippen LogP contribution is -2.03. The predicted octanol–water partition coefficient (Wildman–Crippen LogP) is 3.70. The van der Waals surface area contributed by atoms with Gasteiger partial charge in [-0.1, -0.05) is 58.3 Å². The first-order valence-electron chi connectivity index (χ1n) is 7.24. The van der Waals surface area contributed by atoms with Gasteiger partial charge < -0.3 is 9.84 Å². The van der Waals surface area contributed by atoms with Crippen LogP contribution in [-0.2, 0) is 14.3 Å². The van der Waals surface area contributed by atoms with E-state index in [1.54, 1.807) is 0 Å². The molecule has 0 amide bonds. The van der Waals surface area contributed by atoms with Gasteiger partial charge in [0.1, 0.15) is 0 Å². The van der Waals surface area contributed by atoms with Gasteiger partial charge in [0.25, 0.3) is 0 Å². The molecule has 0 aromatic rings. The van der Waals surface area contributed by atoms with Crippen molar-refractivity contribution in [3.05, 3.63) is 12.2 Å². The van der Waals surface area contributed by atoms with E-state index in [9.17, 15) is 9.59 Å². The van der Waals surface area contributed by atoms with Gasteiger partial charge >= 0.3 is 11.9 Å². The lowest BCUT2D eigenvalue weighted by atomic mass is 10.1. The molecular formula is C15H26O4. The molecule has 0 bridgehead atoms. The monoisotopic (exact) mass is 270 g/mol. The third-order valence-electron chi connectivity index (χ3n) is 2.85. The van der Waals surface area contributed by atoms with Crippen molar-refractivity contribution in [3.63, 3.8) is 0 Å². The van der Waals surface area contributed by atoms with Crippen LogP contribution in [0.4, 0.5) is 0 Å². The molecule has 0 radical (unpaired) electrons. The quantitative estimate of drug-likeness (QED) is 0.333. The molecular weight excluding hydrogens is 244 g/mol. The maximum absolute atomic E-state index is 11.0. The zero-order chi connectivity index (χ0) is 14.3. The van der Waals surface area contributed by atoms with Crippen LogP contribution in [0.3, 0.4) is 0 Å². The molecule has 0 heterocycles. The molecule has 19 heavy (non-hydrogen) atoms. The van der Waals surface area contributed by atoms with Crippen molar-refractivity contribution in [2.45, 2.75) is 64.7 Å². The van der Waals surface area contributed by atoms with Crippen molar-refractivity contribution >= 4 is 11.9 Å². The summed E-state index contributed by atoms with van der Waals surface area (Å²) in [5.74, 6) is -1.72. The van der Waals surface area contributed by atoms with Gasteiger partial charge in [-0.2, -0.15) is 0 Å². The van der Waals surface area contributed by atoms with E-state index in [1.807, 2.05) is 0 Å². The van der Waals surface area contributed by atoms with Crippen LogP contribution in [0, 0.1) is 0 Å². The standard InChI is InChI=1S/C15H26O4/c1-2-3-4-5-6-7-8-9-10-13-19-15(18)12-11-14(16)17/h11-12H,2-10,13H2,1H3,(H,16,17)/b12-11-. The van der Waals surface area contributed by atoms with E-state index in [2.05, 4.69) is 6.92 Å². The smallest absolute Gasteiger partial charge is 0.331 e. The van der Waals surface area contributed by atoms with E-state index in [0.29, 0.717) is 6.61 Å². The number of rotatable bonds is 12. The average molecular weight is 270 g/mol. The molecule has 0 aliphatic rings. The molecule has 0 saturated carbocycles. The SMILES string of the molecule is CCCCCCCCCCCOC(=O)/C=C\C(=O)O. The Hall–Kier alpha value is -1.32. The summed E-state index contributed by atoms with van der Waals surface area (Å²) >= 11 is 0. The number of esters is 1. The fourth-order valence-electron chi connectivity index (χ4n) is 1.77. The molecule has 1 N–H and O–H groups in total. The molecule has 0 saturated heterocycles. The van der Waals surface area contributed by atoms with Crippen LogP contribution >= 0.6 is 0 Å². The second-order valence-corrected chi connectivity index (χ2v) is 4.67. The van der Waals surface area contributed by atoms with Gasteiger partial charge in [-0.05, 0) is 6.42 Å². The first-order valence-corrected chi connectivity index (χ1v) is 7.24. The molecule has 110 valence electrons. The second kappa shape index (κ2) is 13.1. The van der Waals surface area contributed by atoms with E-state index in [4.69, 9.17) is 9.84 Å². The third-order valence-corrected chi connectivity index (χ3v) is 2.85. The highest BCUT2D eigenvalue weighted by Crippen LogP contribution is 2.09. The van der Waals surface area contributed by atoms with E-state index in [0.717, 1.165) is 25.0 Å². The predicted molar refractivity (Wildman–Crippen MR) is 75.0 cm³/mol. The van der Waals surface area contributed by atoms with Crippen molar-refractivity contribution in [1.82, 2.24) is 0 Å². The van der Waals surface area contributed by atoms with Crippen LogP contribution < -0.4 is 0 Å². The van der Waals surface area contributed by atoms with Gasteiger partial charge in [-0.25, -0.2) is 9.59 Å². The number of unbranched alkanes of at least 4 members (excludes halogenated alkanes) is 8. The minimum absolute atomic E-state index is 0.374. The number of carboxylic acid groups (broad SMARTS) is 1. The number of hydrogen-bond acceptors (Lipinski definition) is 3. The third kappa shape index (κ3) is 14.6. The lowest BCUT2D eigenvalue weighted by Gasteiger charge is -2.02. The van der Waals surface area contributed by atoms with Crippen molar-refractivity contribution < 1.29 is 19.4 Å². The Morgan fingerprint density at radius 3 is 1.95 bits per heavy atom. The van der Waals surface area contributed by atoms with Gasteiger partial charge in [0, 0.05) is 12.2 Å². The zero-order valence-electron chi connectivity index (χ0n) is 11.9. The maximum Gasteiger partial charge on any atom is 0.331 e. The molecule has 0 aromatic heterocycles. The summed E-state index contributed by atoms with van der Waals surface area (Å²) in [6.45, 7) is 2.59. The number of hydrogen-bond donors (Lipinski definition) is 1. The number of aliphatic carboxylic acids is 1. The molecule has 0 aromatic carbocycles. The summed E-state index contributed by atoms with van der Waals surface area (Å²) < 4.78 is 4.86. The average Bonchev–Trinajstić information content (AvgIpc) is 2.38. The highest BCUT2D eigenvalue weighted by molar-refractivity contribution is 5.90. The molecule has 0 aliphatic carbocycles. The molecule has 0 rings (SSSR count). The van der Waals surface area contributed by atoms with Gasteiger partial charge in [0.15, 0.2) is 0 Å². The summed E-state index contributed by atoms with van der Waals surface area (Å²) in [6, 6.07) is 0. The van der Waals surface area contributed by atoms with E-state index in [1.165, 1.54) is 44.9 Å². The Bertz CT molecular complexity index is 271. The Morgan fingerprint density at radius 2 is 1.42 bits per heavy atom. The first kappa shape index (κ1) is 17.7. The van der Waals surface area contributed by atoms with E-state index >= 15 is 0 Å². The molecule has 4 nitrogen and oxygen atoms in total. The summed E-state index contributed by atoms with van der Waals surface area (Å²) in [4.78, 5) is 21.2. The fourth-order valence-corrected chi connectivity index (χ4v) is 1.77. The molecule has 0 aliphatic heterocycles. The Labute approximate surface area is 115 Å². The van der Waals surface area contributed by atoms with Crippen LogP contribution in [0.5, 0.6) is 0 Å². The summed E-state index contributed by atoms with van der Waals surface area (Å²) in [7, 11) is 0. The van der Waals surface area contributed by atoms with Crippen LogP contribution in [0.1, 0.15) is 64.7 Å². The first-order chi connectivity index (χ1) is 9.16. The highest BCUT2D eigenvalue weighted by Gasteiger charge is 1.98. The zero-order valence-corrected chi connectivity index (χ0v) is 11.9. The van der Waals surface area contributed by atoms with Gasteiger partial charge in [0.05, 0.1) is 6.61 Å². The molecule has 0 unspecified atom stereocenters. The van der Waals surface area contributed by atoms with Crippen molar-refractivity contribution in [1.29, 1.82) is 0 Å². The van der Waals surface area contributed by atoms with E-state index < -0.39 is 11.9 Å². The molecule has 0 fully saturated rings. The van der Waals surface area contributed by atoms with Crippen LogP contribution in [0.15, 0.2) is 12.2 Å². The number of carbonyl (C=O) groups is 2. The minimum atomic E-state index is -1.14. The van der Waals surface area contributed by atoms with Gasteiger partial charge in [-0.3, -0.25) is 0 Å². The lowest BCUT2D eigenvalue weighted by molar-refractivity contribution is -0.138. The summed E-state index contributed by atoms with van der Waals surface area (Å²) in [6.07, 6.45) is 12.6. The highest BCUT2D eigenvalue weighted by atomic mass is 16.5. The summed E-state index contributed by atoms with van der Waals surface area (Å²) in [5.41, 5.74) is 0. The van der Waals surface area contributed by atoms with Crippen molar-refractivity contribution in [2.24, 2.45) is 0 Å². The fraction of sp³-hybridized carbons (Fsp3) is 0.733. The van der Waals surface area contributed by atoms with Crippen molar-refractivity contribution in [3.8, 4) is 0 Å². The largest absolute Gasteiger partial charge is 0.478 e. The van der Waals surface area contributed by atoms with Crippen LogP contribution in [-0.4, -0.2) is 23.7 Å². The second-order valence-electron chi connectivity index (χ2n) is 4.67. The Kier molecular flexibility index (Phi) is 12.2. The minimum Gasteiger partial charge on any atom is -0.478 e. The van der Waals surface area contributed by atoms with E-state index in [-0.39, 0.29) is 0 Å². The van der Waals surface area contributed by atoms with Crippen LogP contribution in [0.2, 0.25) is 0 Å². The number of ether oxygens (including phenoxy) is 1. The molecule has 4 heteroatoms. The number of carboxylic acids is 1. The molecule has 0 atom stereocenters. The molecule has 0 spiro atoms. The number of carbonyl (C=O) groups excluding carboxylic acids is 1. The Balaban J connectivity index is 3.22. The topological polar surface area (TPSA) is 63.6 Å². The summed E-state index contributed by atoms with van der Waals surface area (Å²) in [5, 5.41) is 8.31. The van der Waals surface area contributed by atoms with Crippen molar-refractivity contribution in [2.75, 3.05) is 6.61 Å². The van der Waals surface area contributed by atoms with Crippen LogP contribution in [0.25, 0.3) is 0 Å². The van der Waals surface area contributed by atoms with Gasteiger partial charge in [0.2, 0.25) is 0 Å².